The highest BCUT2D eigenvalue weighted by atomic mass is 16.1. The lowest BCUT2D eigenvalue weighted by Gasteiger charge is -2.21. The van der Waals surface area contributed by atoms with Crippen molar-refractivity contribution in [2.75, 3.05) is 26.2 Å². The van der Waals surface area contributed by atoms with E-state index in [0.29, 0.717) is 0 Å². The van der Waals surface area contributed by atoms with Crippen molar-refractivity contribution in [2.45, 2.75) is 26.3 Å². The highest BCUT2D eigenvalue weighted by Gasteiger charge is 2.23. The molecule has 0 bridgehead atoms. The molecule has 4 heteroatoms. The van der Waals surface area contributed by atoms with Crippen molar-refractivity contribution in [3.63, 3.8) is 0 Å². The fraction of sp³-hybridized carbons (Fsp3) is 0.900. The van der Waals surface area contributed by atoms with Crippen molar-refractivity contribution in [3.8, 4) is 0 Å². The van der Waals surface area contributed by atoms with Crippen LogP contribution < -0.4 is 11.1 Å². The molecule has 0 aromatic carbocycles. The fourth-order valence-corrected chi connectivity index (χ4v) is 1.95. The first kappa shape index (κ1) is 11.5. The van der Waals surface area contributed by atoms with Crippen LogP contribution in [0.4, 0.5) is 0 Å². The zero-order valence-corrected chi connectivity index (χ0v) is 9.12. The second kappa shape index (κ2) is 5.32. The Kier molecular flexibility index (Phi) is 4.35. The van der Waals surface area contributed by atoms with E-state index in [4.69, 9.17) is 5.73 Å². The van der Waals surface area contributed by atoms with Crippen LogP contribution in [-0.4, -0.2) is 43.0 Å². The van der Waals surface area contributed by atoms with Gasteiger partial charge in [0.25, 0.3) is 0 Å². The molecule has 0 aromatic heterocycles. The predicted octanol–water partition coefficient (Wildman–Crippen LogP) is -0.208. The number of rotatable bonds is 5. The third-order valence-electron chi connectivity index (χ3n) is 2.74. The van der Waals surface area contributed by atoms with Gasteiger partial charge in [0.05, 0.1) is 6.04 Å². The largest absolute Gasteiger partial charge is 0.368 e. The number of hydrogen-bond donors (Lipinski definition) is 2. The van der Waals surface area contributed by atoms with Gasteiger partial charge in [0.15, 0.2) is 0 Å². The normalized spacial score (nSPS) is 25.1. The van der Waals surface area contributed by atoms with Crippen LogP contribution in [0.2, 0.25) is 0 Å². The Hall–Kier alpha value is -0.610. The molecule has 1 aliphatic heterocycles. The summed E-state index contributed by atoms with van der Waals surface area (Å²) in [5.41, 5.74) is 5.31. The highest BCUT2D eigenvalue weighted by Crippen LogP contribution is 2.14. The summed E-state index contributed by atoms with van der Waals surface area (Å²) >= 11 is 0. The third-order valence-corrected chi connectivity index (χ3v) is 2.74. The summed E-state index contributed by atoms with van der Waals surface area (Å²) in [7, 11) is 0. The number of primary amides is 1. The average molecular weight is 199 g/mol. The maximum Gasteiger partial charge on any atom is 0.235 e. The van der Waals surface area contributed by atoms with Gasteiger partial charge in [-0.05, 0) is 25.4 Å². The summed E-state index contributed by atoms with van der Waals surface area (Å²) < 4.78 is 0. The predicted molar refractivity (Wildman–Crippen MR) is 56.9 cm³/mol. The summed E-state index contributed by atoms with van der Waals surface area (Å²) in [4.78, 5) is 13.4. The van der Waals surface area contributed by atoms with E-state index < -0.39 is 0 Å². The fourth-order valence-electron chi connectivity index (χ4n) is 1.95. The number of amides is 1. The molecule has 0 saturated carbocycles. The van der Waals surface area contributed by atoms with Crippen LogP contribution in [0.15, 0.2) is 0 Å². The first-order valence-electron chi connectivity index (χ1n) is 5.38. The summed E-state index contributed by atoms with van der Waals surface area (Å²) in [5.74, 6) is 0.511. The van der Waals surface area contributed by atoms with Gasteiger partial charge in [-0.1, -0.05) is 13.8 Å². The number of nitrogens with one attached hydrogen (secondary N) is 1. The molecule has 1 heterocycles. The maximum absolute atomic E-state index is 11.1. The molecule has 4 nitrogen and oxygen atoms in total. The van der Waals surface area contributed by atoms with Gasteiger partial charge in [-0.2, -0.15) is 0 Å². The van der Waals surface area contributed by atoms with E-state index in [2.05, 4.69) is 17.1 Å². The number of carbonyl (C=O) groups is 1. The van der Waals surface area contributed by atoms with Crippen LogP contribution >= 0.6 is 0 Å². The van der Waals surface area contributed by atoms with Crippen molar-refractivity contribution in [1.29, 1.82) is 0 Å². The van der Waals surface area contributed by atoms with Crippen LogP contribution in [0.3, 0.4) is 0 Å². The van der Waals surface area contributed by atoms with Gasteiger partial charge in [-0.3, -0.25) is 4.79 Å². The monoisotopic (exact) mass is 199 g/mol. The second-order valence-electron chi connectivity index (χ2n) is 4.17. The minimum absolute atomic E-state index is 0.190. The second-order valence-corrected chi connectivity index (χ2v) is 4.17. The van der Waals surface area contributed by atoms with Crippen molar-refractivity contribution in [2.24, 2.45) is 11.7 Å². The zero-order chi connectivity index (χ0) is 10.6. The van der Waals surface area contributed by atoms with Crippen LogP contribution in [0.25, 0.3) is 0 Å². The lowest BCUT2D eigenvalue weighted by Crippen LogP contribution is -2.48. The number of nitrogens with zero attached hydrogens (tertiary/aromatic N) is 1. The van der Waals surface area contributed by atoms with Gasteiger partial charge in [-0.25, -0.2) is 0 Å². The minimum atomic E-state index is -0.244. The SMILES string of the molecule is CCNC(CN1CCC(C)C1)C(N)=O. The molecular formula is C10H21N3O. The molecule has 1 amide bonds. The molecule has 14 heavy (non-hydrogen) atoms. The summed E-state index contributed by atoms with van der Waals surface area (Å²) in [6.07, 6.45) is 1.23. The molecule has 1 rings (SSSR count). The summed E-state index contributed by atoms with van der Waals surface area (Å²) in [5, 5.41) is 3.11. The Labute approximate surface area is 85.8 Å². The molecule has 2 unspecified atom stereocenters. The maximum atomic E-state index is 11.1. The van der Waals surface area contributed by atoms with Crippen molar-refractivity contribution in [3.05, 3.63) is 0 Å². The van der Waals surface area contributed by atoms with Gasteiger partial charge >= 0.3 is 0 Å². The van der Waals surface area contributed by atoms with E-state index in [9.17, 15) is 4.79 Å². The number of carbonyl (C=O) groups excluding carboxylic acids is 1. The summed E-state index contributed by atoms with van der Waals surface area (Å²) in [6, 6.07) is -0.190. The highest BCUT2D eigenvalue weighted by molar-refractivity contribution is 5.80. The standard InChI is InChI=1S/C10H21N3O/c1-3-12-9(10(11)14)7-13-5-4-8(2)6-13/h8-9,12H,3-7H2,1-2H3,(H2,11,14). The number of hydrogen-bond acceptors (Lipinski definition) is 3. The Morgan fingerprint density at radius 1 is 1.71 bits per heavy atom. The first-order chi connectivity index (χ1) is 6.63. The molecule has 3 N–H and O–H groups in total. The van der Waals surface area contributed by atoms with E-state index in [0.717, 1.165) is 32.1 Å². The minimum Gasteiger partial charge on any atom is -0.368 e. The molecule has 0 aromatic rings. The third kappa shape index (κ3) is 3.27. The number of likely N-dealkylation sites (N-methyl/N-ethyl adjacent to an activating group) is 1. The molecule has 1 saturated heterocycles. The van der Waals surface area contributed by atoms with Crippen LogP contribution in [0.1, 0.15) is 20.3 Å². The Balaban J connectivity index is 2.35. The topological polar surface area (TPSA) is 58.4 Å². The van der Waals surface area contributed by atoms with Gasteiger partial charge in [0, 0.05) is 13.1 Å². The van der Waals surface area contributed by atoms with Crippen LogP contribution in [0, 0.1) is 5.92 Å². The van der Waals surface area contributed by atoms with E-state index in [-0.39, 0.29) is 11.9 Å². The Morgan fingerprint density at radius 2 is 2.43 bits per heavy atom. The number of nitrogens with two attached hydrogens (primary N) is 1. The van der Waals surface area contributed by atoms with E-state index in [1.54, 1.807) is 0 Å². The average Bonchev–Trinajstić information content (AvgIpc) is 2.50. The molecule has 1 fully saturated rings. The first-order valence-corrected chi connectivity index (χ1v) is 5.38. The smallest absolute Gasteiger partial charge is 0.235 e. The molecule has 0 aliphatic carbocycles. The Bertz CT molecular complexity index is 196. The van der Waals surface area contributed by atoms with E-state index >= 15 is 0 Å². The van der Waals surface area contributed by atoms with Crippen LogP contribution in [-0.2, 0) is 4.79 Å². The molecule has 0 spiro atoms. The lowest BCUT2D eigenvalue weighted by atomic mass is 10.2. The van der Waals surface area contributed by atoms with Gasteiger partial charge < -0.3 is 16.0 Å². The zero-order valence-electron chi connectivity index (χ0n) is 9.12. The quantitative estimate of drug-likeness (QED) is 0.644. The van der Waals surface area contributed by atoms with Gasteiger partial charge in [0.1, 0.15) is 0 Å². The van der Waals surface area contributed by atoms with E-state index in [1.807, 2.05) is 6.92 Å². The Morgan fingerprint density at radius 3 is 2.86 bits per heavy atom. The van der Waals surface area contributed by atoms with E-state index in [1.165, 1.54) is 6.42 Å². The number of likely N-dealkylation sites (tertiary alicyclic amines) is 1. The molecule has 2 atom stereocenters. The van der Waals surface area contributed by atoms with Crippen molar-refractivity contribution in [1.82, 2.24) is 10.2 Å². The lowest BCUT2D eigenvalue weighted by molar-refractivity contribution is -0.120. The molecule has 1 aliphatic rings. The van der Waals surface area contributed by atoms with Crippen LogP contribution in [0.5, 0.6) is 0 Å². The van der Waals surface area contributed by atoms with Gasteiger partial charge in [0.2, 0.25) is 5.91 Å². The molecule has 0 radical (unpaired) electrons. The summed E-state index contributed by atoms with van der Waals surface area (Å²) in [6.45, 7) is 7.96. The molecular weight excluding hydrogens is 178 g/mol. The van der Waals surface area contributed by atoms with Crippen molar-refractivity contribution < 1.29 is 4.79 Å². The molecule has 82 valence electrons. The van der Waals surface area contributed by atoms with Gasteiger partial charge in [-0.15, -0.1) is 0 Å². The van der Waals surface area contributed by atoms with Crippen molar-refractivity contribution >= 4 is 5.91 Å².